The number of phenols is 2. The predicted molar refractivity (Wildman–Crippen MR) is 111 cm³/mol. The van der Waals surface area contributed by atoms with Crippen LogP contribution in [0.2, 0.25) is 20.1 Å². The van der Waals surface area contributed by atoms with Gasteiger partial charge in [-0.1, -0.05) is 46.4 Å². The van der Waals surface area contributed by atoms with Gasteiger partial charge in [-0.25, -0.2) is 9.59 Å². The number of phenolic OH excluding ortho intramolecular Hbond substituents is 2. The van der Waals surface area contributed by atoms with Crippen molar-refractivity contribution in [2.75, 3.05) is 5.73 Å². The minimum absolute atomic E-state index is 0.0301. The summed E-state index contributed by atoms with van der Waals surface area (Å²) >= 11 is 22.6. The highest BCUT2D eigenvalue weighted by Crippen LogP contribution is 2.44. The molecule has 30 heavy (non-hydrogen) atoms. The van der Waals surface area contributed by atoms with Crippen LogP contribution in [-0.2, 0) is 0 Å². The zero-order valence-electron chi connectivity index (χ0n) is 15.0. The molecule has 0 heterocycles. The summed E-state index contributed by atoms with van der Waals surface area (Å²) in [5, 5.41) is 46.2. The van der Waals surface area contributed by atoms with Gasteiger partial charge in [-0.3, -0.25) is 10.1 Å². The first-order valence-corrected chi connectivity index (χ1v) is 8.95. The highest BCUT2D eigenvalue weighted by Gasteiger charge is 2.32. The number of aromatic carboxylic acids is 2. The van der Waals surface area contributed by atoms with Crippen LogP contribution in [0.15, 0.2) is 0 Å². The van der Waals surface area contributed by atoms with Crippen molar-refractivity contribution in [3.8, 4) is 11.5 Å². The van der Waals surface area contributed by atoms with Crippen LogP contribution in [0.5, 0.6) is 11.5 Å². The Morgan fingerprint density at radius 1 is 0.833 bits per heavy atom. The molecule has 0 amide bonds. The lowest BCUT2D eigenvalue weighted by molar-refractivity contribution is -0.386. The Morgan fingerprint density at radius 3 is 1.57 bits per heavy atom. The highest BCUT2D eigenvalue weighted by molar-refractivity contribution is 6.40. The number of carboxylic acid groups (broad SMARTS) is 2. The fourth-order valence-electron chi connectivity index (χ4n) is 2.19. The summed E-state index contributed by atoms with van der Waals surface area (Å²) in [5.74, 6) is -4.26. The molecule has 14 heteroatoms. The Kier molecular flexibility index (Phi) is 7.98. The summed E-state index contributed by atoms with van der Waals surface area (Å²) in [4.78, 5) is 31.1. The normalized spacial score (nSPS) is 10.2. The lowest BCUT2D eigenvalue weighted by Crippen LogP contribution is -2.05. The van der Waals surface area contributed by atoms with E-state index in [1.165, 1.54) is 13.8 Å². The third kappa shape index (κ3) is 4.57. The number of hydrogen-bond donors (Lipinski definition) is 5. The summed E-state index contributed by atoms with van der Waals surface area (Å²) in [7, 11) is 0. The second-order valence-electron chi connectivity index (χ2n) is 5.58. The fraction of sp³-hybridized carbons (Fsp3) is 0.125. The summed E-state index contributed by atoms with van der Waals surface area (Å²) < 4.78 is 0. The maximum absolute atomic E-state index is 10.8. The van der Waals surface area contributed by atoms with Gasteiger partial charge in [0, 0.05) is 0 Å². The van der Waals surface area contributed by atoms with Crippen LogP contribution in [0.3, 0.4) is 0 Å². The molecular formula is C16H12Cl4N2O8. The molecule has 2 aromatic carbocycles. The van der Waals surface area contributed by atoms with Crippen LogP contribution < -0.4 is 5.73 Å². The van der Waals surface area contributed by atoms with E-state index in [1.54, 1.807) is 0 Å². The SMILES string of the molecule is Cc1c(Cl)c(O)c(N)c(C(=O)O)c1Cl.Cc1c(Cl)c(O)c([N+](=O)[O-])c(C(=O)O)c1Cl. The number of anilines is 1. The molecule has 0 aliphatic rings. The van der Waals surface area contributed by atoms with Gasteiger partial charge in [0.15, 0.2) is 11.3 Å². The van der Waals surface area contributed by atoms with Gasteiger partial charge < -0.3 is 26.2 Å². The van der Waals surface area contributed by atoms with Gasteiger partial charge in [0.2, 0.25) is 5.75 Å². The number of carboxylic acids is 2. The van der Waals surface area contributed by atoms with Gasteiger partial charge in [0.1, 0.15) is 5.56 Å². The van der Waals surface area contributed by atoms with Gasteiger partial charge in [0.05, 0.1) is 30.7 Å². The van der Waals surface area contributed by atoms with Crippen LogP contribution >= 0.6 is 46.4 Å². The maximum atomic E-state index is 10.8. The molecule has 0 fully saturated rings. The first-order valence-electron chi connectivity index (χ1n) is 7.44. The monoisotopic (exact) mass is 500 g/mol. The topological polar surface area (TPSA) is 184 Å². The Bertz CT molecular complexity index is 1010. The number of nitrogens with two attached hydrogens (primary N) is 1. The van der Waals surface area contributed by atoms with Crippen LogP contribution in [0.25, 0.3) is 0 Å². The first kappa shape index (κ1) is 25.4. The molecule has 162 valence electrons. The Morgan fingerprint density at radius 2 is 1.20 bits per heavy atom. The van der Waals surface area contributed by atoms with E-state index in [4.69, 9.17) is 62.4 Å². The number of aromatic hydroxyl groups is 2. The van der Waals surface area contributed by atoms with Crippen molar-refractivity contribution in [1.82, 2.24) is 0 Å². The van der Waals surface area contributed by atoms with Crippen molar-refractivity contribution in [2.24, 2.45) is 0 Å². The number of halogens is 4. The van der Waals surface area contributed by atoms with Crippen molar-refractivity contribution in [1.29, 1.82) is 0 Å². The molecule has 2 aromatic rings. The predicted octanol–water partition coefficient (Wildman–Crippen LogP) is 4.90. The lowest BCUT2D eigenvalue weighted by Gasteiger charge is -2.10. The number of nitrogen functional groups attached to an aromatic ring is 1. The number of hydrogen-bond acceptors (Lipinski definition) is 7. The van der Waals surface area contributed by atoms with Gasteiger partial charge in [-0.15, -0.1) is 0 Å². The van der Waals surface area contributed by atoms with E-state index in [0.717, 1.165) is 0 Å². The summed E-state index contributed by atoms with van der Waals surface area (Å²) in [6.07, 6.45) is 0. The number of benzene rings is 2. The van der Waals surface area contributed by atoms with Crippen LogP contribution in [0.1, 0.15) is 31.8 Å². The van der Waals surface area contributed by atoms with E-state index >= 15 is 0 Å². The van der Waals surface area contributed by atoms with Gasteiger partial charge >= 0.3 is 17.6 Å². The van der Waals surface area contributed by atoms with Crippen molar-refractivity contribution < 1.29 is 34.9 Å². The van der Waals surface area contributed by atoms with E-state index in [2.05, 4.69) is 0 Å². The van der Waals surface area contributed by atoms with Crippen molar-refractivity contribution in [3.05, 3.63) is 52.5 Å². The molecular weight excluding hydrogens is 490 g/mol. The Balaban J connectivity index is 0.000000303. The third-order valence-electron chi connectivity index (χ3n) is 3.77. The number of nitro groups is 1. The molecule has 0 unspecified atom stereocenters. The second kappa shape index (κ2) is 9.43. The van der Waals surface area contributed by atoms with E-state index in [-0.39, 0.29) is 42.5 Å². The molecule has 0 aromatic heterocycles. The minimum atomic E-state index is -1.60. The molecule has 0 aliphatic carbocycles. The molecule has 0 bridgehead atoms. The van der Waals surface area contributed by atoms with Gasteiger partial charge in [0.25, 0.3) is 0 Å². The molecule has 10 nitrogen and oxygen atoms in total. The van der Waals surface area contributed by atoms with Gasteiger partial charge in [-0.2, -0.15) is 0 Å². The standard InChI is InChI=1S/C8H5Cl2NO5.C8H7Cl2NO3/c1-2-4(9)3(8(13)14)6(11(15)16)7(12)5(2)10;1-2-4(9)3(8(13)14)6(11)7(12)5(2)10/h12H,1H3,(H,13,14);12H,11H2,1H3,(H,13,14). The Hall–Kier alpha value is -2.66. The smallest absolute Gasteiger partial charge is 0.344 e. The minimum Gasteiger partial charge on any atom is -0.504 e. The maximum Gasteiger partial charge on any atom is 0.344 e. The number of nitrogens with zero attached hydrogens (tertiary/aromatic N) is 1. The summed E-state index contributed by atoms with van der Waals surface area (Å²) in [6, 6.07) is 0. The second-order valence-corrected chi connectivity index (χ2v) is 7.09. The molecule has 0 spiro atoms. The van der Waals surface area contributed by atoms with Crippen molar-refractivity contribution in [2.45, 2.75) is 13.8 Å². The number of carbonyl (C=O) groups is 2. The van der Waals surface area contributed by atoms with Crippen molar-refractivity contribution in [3.63, 3.8) is 0 Å². The van der Waals surface area contributed by atoms with Gasteiger partial charge in [-0.05, 0) is 25.0 Å². The third-order valence-corrected chi connectivity index (χ3v) is 5.64. The van der Waals surface area contributed by atoms with Crippen LogP contribution in [0, 0.1) is 24.0 Å². The molecule has 6 N–H and O–H groups in total. The largest absolute Gasteiger partial charge is 0.504 e. The quantitative estimate of drug-likeness (QED) is 0.169. The average Bonchev–Trinajstić information content (AvgIpc) is 2.65. The zero-order chi connectivity index (χ0) is 23.7. The molecule has 0 saturated heterocycles. The fourth-order valence-corrected chi connectivity index (χ4v) is 3.21. The van der Waals surface area contributed by atoms with Crippen molar-refractivity contribution >= 4 is 69.7 Å². The van der Waals surface area contributed by atoms with E-state index in [1.807, 2.05) is 0 Å². The zero-order valence-corrected chi connectivity index (χ0v) is 18.0. The van der Waals surface area contributed by atoms with E-state index in [0.29, 0.717) is 0 Å². The average molecular weight is 502 g/mol. The Labute approximate surface area is 188 Å². The molecule has 2 rings (SSSR count). The molecule has 0 saturated carbocycles. The highest BCUT2D eigenvalue weighted by atomic mass is 35.5. The summed E-state index contributed by atoms with van der Waals surface area (Å²) in [6.45, 7) is 2.84. The number of nitro benzene ring substituents is 1. The first-order chi connectivity index (χ1) is 13.7. The summed E-state index contributed by atoms with van der Waals surface area (Å²) in [5.41, 5.74) is 3.29. The number of rotatable bonds is 3. The van der Waals surface area contributed by atoms with E-state index < -0.39 is 39.6 Å². The molecule has 0 atom stereocenters. The molecule has 0 aliphatic heterocycles. The van der Waals surface area contributed by atoms with Crippen LogP contribution in [-0.4, -0.2) is 37.3 Å². The van der Waals surface area contributed by atoms with E-state index in [9.17, 15) is 29.9 Å². The molecule has 0 radical (unpaired) electrons. The lowest BCUT2D eigenvalue weighted by atomic mass is 10.1. The van der Waals surface area contributed by atoms with Crippen LogP contribution in [0.4, 0.5) is 11.4 Å².